The van der Waals surface area contributed by atoms with Crippen LogP contribution < -0.4 is 0 Å². The highest BCUT2D eigenvalue weighted by molar-refractivity contribution is 6.31. The van der Waals surface area contributed by atoms with Crippen LogP contribution in [0.1, 0.15) is 34.7 Å². The Labute approximate surface area is 172 Å². The van der Waals surface area contributed by atoms with Crippen LogP contribution in [0, 0.1) is 20.8 Å². The minimum absolute atomic E-state index is 0.125. The third-order valence-corrected chi connectivity index (χ3v) is 5.33. The number of ether oxygens (including phenoxy) is 1. The summed E-state index contributed by atoms with van der Waals surface area (Å²) in [7, 11) is 1.65. The lowest BCUT2D eigenvalue weighted by Crippen LogP contribution is -2.45. The molecule has 150 valence electrons. The molecular formula is C23H28ClNO3. The van der Waals surface area contributed by atoms with Gasteiger partial charge in [0, 0.05) is 18.5 Å². The third kappa shape index (κ3) is 5.35. The first-order valence-corrected chi connectivity index (χ1v) is 9.84. The normalized spacial score (nSPS) is 11.8. The molecule has 0 bridgehead atoms. The lowest BCUT2D eigenvalue weighted by Gasteiger charge is -2.27. The van der Waals surface area contributed by atoms with Crippen LogP contribution in [-0.2, 0) is 27.2 Å². The zero-order valence-electron chi connectivity index (χ0n) is 17.2. The van der Waals surface area contributed by atoms with Crippen LogP contribution in [0.15, 0.2) is 36.4 Å². The van der Waals surface area contributed by atoms with Gasteiger partial charge >= 0.3 is 5.97 Å². The first-order chi connectivity index (χ1) is 13.2. The van der Waals surface area contributed by atoms with Crippen LogP contribution in [0.5, 0.6) is 0 Å². The van der Waals surface area contributed by atoms with Crippen molar-refractivity contribution in [2.24, 2.45) is 0 Å². The number of esters is 1. The number of carbonyl (C=O) groups excluding carboxylic acids is 2. The van der Waals surface area contributed by atoms with Gasteiger partial charge in [-0.15, -0.1) is 0 Å². The first-order valence-electron chi connectivity index (χ1n) is 9.47. The Kier molecular flexibility index (Phi) is 7.64. The highest BCUT2D eigenvalue weighted by atomic mass is 35.5. The molecule has 2 aromatic rings. The molecule has 0 saturated carbocycles. The minimum atomic E-state index is -0.724. The second kappa shape index (κ2) is 9.74. The molecule has 1 unspecified atom stereocenters. The predicted molar refractivity (Wildman–Crippen MR) is 113 cm³/mol. The molecule has 1 amide bonds. The van der Waals surface area contributed by atoms with Crippen LogP contribution in [0.4, 0.5) is 0 Å². The summed E-state index contributed by atoms with van der Waals surface area (Å²) in [5.41, 5.74) is 5.14. The van der Waals surface area contributed by atoms with E-state index in [1.807, 2.05) is 39.0 Å². The van der Waals surface area contributed by atoms with E-state index >= 15 is 0 Å². The largest absolute Gasteiger partial charge is 0.464 e. The average molecular weight is 402 g/mol. The van der Waals surface area contributed by atoms with Crippen molar-refractivity contribution < 1.29 is 14.3 Å². The van der Waals surface area contributed by atoms with E-state index in [4.69, 9.17) is 16.3 Å². The van der Waals surface area contributed by atoms with Crippen LogP contribution in [0.25, 0.3) is 0 Å². The monoisotopic (exact) mass is 401 g/mol. The highest BCUT2D eigenvalue weighted by Crippen LogP contribution is 2.21. The average Bonchev–Trinajstić information content (AvgIpc) is 2.63. The molecule has 0 aliphatic heterocycles. The second-order valence-electron chi connectivity index (χ2n) is 7.12. The van der Waals surface area contributed by atoms with Gasteiger partial charge in [-0.1, -0.05) is 47.5 Å². The van der Waals surface area contributed by atoms with E-state index in [0.29, 0.717) is 11.4 Å². The maximum absolute atomic E-state index is 13.0. The molecule has 0 heterocycles. The van der Waals surface area contributed by atoms with Gasteiger partial charge in [-0.05, 0) is 56.0 Å². The molecule has 0 saturated heterocycles. The summed E-state index contributed by atoms with van der Waals surface area (Å²) in [5, 5.41) is 0.572. The van der Waals surface area contributed by atoms with Gasteiger partial charge in [0.25, 0.3) is 0 Å². The van der Waals surface area contributed by atoms with E-state index in [1.54, 1.807) is 20.0 Å². The Bertz CT molecular complexity index is 840. The summed E-state index contributed by atoms with van der Waals surface area (Å²) in [6.45, 7) is 8.07. The smallest absolute Gasteiger partial charge is 0.329 e. The zero-order valence-corrected chi connectivity index (χ0v) is 18.0. The van der Waals surface area contributed by atoms with E-state index < -0.39 is 12.0 Å². The molecule has 0 fully saturated rings. The van der Waals surface area contributed by atoms with Crippen molar-refractivity contribution in [3.05, 3.63) is 69.2 Å². The fourth-order valence-electron chi connectivity index (χ4n) is 3.43. The number of amides is 1. The summed E-state index contributed by atoms with van der Waals surface area (Å²) in [6.07, 6.45) is 0.555. The molecule has 0 N–H and O–H groups in total. The molecule has 28 heavy (non-hydrogen) atoms. The fourth-order valence-corrected chi connectivity index (χ4v) is 3.64. The number of rotatable bonds is 7. The van der Waals surface area contributed by atoms with Gasteiger partial charge in [0.1, 0.15) is 6.04 Å². The number of carbonyl (C=O) groups is 2. The van der Waals surface area contributed by atoms with Crippen molar-refractivity contribution in [1.82, 2.24) is 4.90 Å². The standard InChI is InChI=1S/C23H28ClNO3/c1-6-28-23(27)21(13-18-9-7-8-10-20(18)24)25(5)22(26)14-19-16(3)11-15(2)12-17(19)4/h7-12,21H,6,13-14H2,1-5H3. The number of benzene rings is 2. The second-order valence-corrected chi connectivity index (χ2v) is 7.53. The van der Waals surface area contributed by atoms with E-state index in [9.17, 15) is 9.59 Å². The Hall–Kier alpha value is -2.33. The van der Waals surface area contributed by atoms with Crippen molar-refractivity contribution in [1.29, 1.82) is 0 Å². The van der Waals surface area contributed by atoms with Crippen LogP contribution >= 0.6 is 11.6 Å². The lowest BCUT2D eigenvalue weighted by atomic mass is 9.96. The van der Waals surface area contributed by atoms with Crippen molar-refractivity contribution in [2.75, 3.05) is 13.7 Å². The Morgan fingerprint density at radius 3 is 2.29 bits per heavy atom. The van der Waals surface area contributed by atoms with E-state index in [1.165, 1.54) is 10.5 Å². The molecule has 5 heteroatoms. The summed E-state index contributed by atoms with van der Waals surface area (Å²) in [5.74, 6) is -0.546. The molecule has 2 rings (SSSR count). The SMILES string of the molecule is CCOC(=O)C(Cc1ccccc1Cl)N(C)C(=O)Cc1c(C)cc(C)cc1C. The van der Waals surface area contributed by atoms with Crippen LogP contribution in [-0.4, -0.2) is 36.5 Å². The Morgan fingerprint density at radius 2 is 1.71 bits per heavy atom. The van der Waals surface area contributed by atoms with Gasteiger partial charge in [0.05, 0.1) is 13.0 Å². The fraction of sp³-hybridized carbons (Fsp3) is 0.391. The van der Waals surface area contributed by atoms with Crippen molar-refractivity contribution in [2.45, 2.75) is 46.6 Å². The van der Waals surface area contributed by atoms with Crippen LogP contribution in [0.3, 0.4) is 0 Å². The van der Waals surface area contributed by atoms with Gasteiger partial charge in [0.15, 0.2) is 0 Å². The number of aryl methyl sites for hydroxylation is 3. The van der Waals surface area contributed by atoms with Gasteiger partial charge in [-0.25, -0.2) is 4.79 Å². The molecule has 0 spiro atoms. The quantitative estimate of drug-likeness (QED) is 0.644. The number of hydrogen-bond donors (Lipinski definition) is 0. The number of halogens is 1. The predicted octanol–water partition coefficient (Wildman–Crippen LogP) is 4.44. The van der Waals surface area contributed by atoms with Gasteiger partial charge in [-0.3, -0.25) is 4.79 Å². The molecular weight excluding hydrogens is 374 g/mol. The van der Waals surface area contributed by atoms with Crippen molar-refractivity contribution in [3.63, 3.8) is 0 Å². The van der Waals surface area contributed by atoms with E-state index in [0.717, 1.165) is 22.3 Å². The maximum Gasteiger partial charge on any atom is 0.329 e. The van der Waals surface area contributed by atoms with Gasteiger partial charge in [-0.2, -0.15) is 0 Å². The molecule has 0 aliphatic carbocycles. The number of hydrogen-bond acceptors (Lipinski definition) is 3. The van der Waals surface area contributed by atoms with Gasteiger partial charge in [0.2, 0.25) is 5.91 Å². The zero-order chi connectivity index (χ0) is 20.8. The van der Waals surface area contributed by atoms with Gasteiger partial charge < -0.3 is 9.64 Å². The Morgan fingerprint density at radius 1 is 1.11 bits per heavy atom. The molecule has 1 atom stereocenters. The number of likely N-dealkylation sites (N-methyl/N-ethyl adjacent to an activating group) is 1. The number of nitrogens with zero attached hydrogens (tertiary/aromatic N) is 1. The minimum Gasteiger partial charge on any atom is -0.464 e. The molecule has 0 radical (unpaired) electrons. The van der Waals surface area contributed by atoms with Crippen LogP contribution in [0.2, 0.25) is 5.02 Å². The lowest BCUT2D eigenvalue weighted by molar-refractivity contribution is -0.153. The molecule has 0 aliphatic rings. The Balaban J connectivity index is 2.26. The molecule has 0 aromatic heterocycles. The molecule has 2 aromatic carbocycles. The highest BCUT2D eigenvalue weighted by Gasteiger charge is 2.29. The molecule has 4 nitrogen and oxygen atoms in total. The van der Waals surface area contributed by atoms with E-state index in [2.05, 4.69) is 12.1 Å². The first kappa shape index (κ1) is 22.0. The van der Waals surface area contributed by atoms with Crippen molar-refractivity contribution >= 4 is 23.5 Å². The summed E-state index contributed by atoms with van der Waals surface area (Å²) in [4.78, 5) is 27.1. The maximum atomic E-state index is 13.0. The summed E-state index contributed by atoms with van der Waals surface area (Å²) in [6, 6.07) is 10.8. The summed E-state index contributed by atoms with van der Waals surface area (Å²) >= 11 is 6.26. The van der Waals surface area contributed by atoms with E-state index in [-0.39, 0.29) is 18.9 Å². The third-order valence-electron chi connectivity index (χ3n) is 4.96. The van der Waals surface area contributed by atoms with Crippen molar-refractivity contribution in [3.8, 4) is 0 Å². The topological polar surface area (TPSA) is 46.6 Å². The summed E-state index contributed by atoms with van der Waals surface area (Å²) < 4.78 is 5.22.